The molecule has 1 fully saturated rings. The second-order valence-electron chi connectivity index (χ2n) is 7.04. The number of nitrogens with zero attached hydrogens (tertiary/aromatic N) is 3. The standard InChI is InChI=1S/C20H29N5O/c1-4-22-19(23-14-17-9-7-16(13-21)8-10-17)24-15-20(11-5-6-12-20)18(26)25(2)3/h7-10H,4-6,11-12,14-15H2,1-3H3,(H2,22,23,24). The van der Waals surface area contributed by atoms with E-state index in [0.29, 0.717) is 18.7 Å². The number of aliphatic imine (C=N–C) groups is 1. The zero-order valence-electron chi connectivity index (χ0n) is 16.0. The van der Waals surface area contributed by atoms with Crippen LogP contribution >= 0.6 is 0 Å². The SMILES string of the molecule is CCNC(=NCc1ccc(C#N)cc1)NCC1(C(=O)N(C)C)CCCC1. The van der Waals surface area contributed by atoms with E-state index in [1.54, 1.807) is 17.0 Å². The molecule has 6 heteroatoms. The number of benzene rings is 1. The first-order valence-corrected chi connectivity index (χ1v) is 9.24. The van der Waals surface area contributed by atoms with Gasteiger partial charge in [-0.05, 0) is 37.5 Å². The minimum absolute atomic E-state index is 0.199. The summed E-state index contributed by atoms with van der Waals surface area (Å²) in [5.74, 6) is 0.917. The lowest BCUT2D eigenvalue weighted by Crippen LogP contribution is -2.49. The Bertz CT molecular complexity index is 666. The van der Waals surface area contributed by atoms with Gasteiger partial charge in [0.25, 0.3) is 0 Å². The summed E-state index contributed by atoms with van der Waals surface area (Å²) in [4.78, 5) is 19.0. The Morgan fingerprint density at radius 1 is 1.23 bits per heavy atom. The van der Waals surface area contributed by atoms with E-state index >= 15 is 0 Å². The number of nitrogens with one attached hydrogen (secondary N) is 2. The third-order valence-electron chi connectivity index (χ3n) is 4.86. The summed E-state index contributed by atoms with van der Waals surface area (Å²) in [6, 6.07) is 9.55. The van der Waals surface area contributed by atoms with E-state index in [1.807, 2.05) is 33.2 Å². The van der Waals surface area contributed by atoms with E-state index in [1.165, 1.54) is 0 Å². The van der Waals surface area contributed by atoms with Gasteiger partial charge >= 0.3 is 0 Å². The third kappa shape index (κ3) is 4.98. The highest BCUT2D eigenvalue weighted by molar-refractivity contribution is 5.85. The van der Waals surface area contributed by atoms with Crippen LogP contribution in [0.2, 0.25) is 0 Å². The third-order valence-corrected chi connectivity index (χ3v) is 4.86. The minimum Gasteiger partial charge on any atom is -0.357 e. The number of carbonyl (C=O) groups excluding carboxylic acids is 1. The molecule has 140 valence electrons. The molecule has 0 radical (unpaired) electrons. The smallest absolute Gasteiger partial charge is 0.230 e. The molecule has 1 amide bonds. The van der Waals surface area contributed by atoms with Gasteiger partial charge in [0.05, 0.1) is 23.6 Å². The number of amides is 1. The number of carbonyl (C=O) groups is 1. The van der Waals surface area contributed by atoms with Gasteiger partial charge in [-0.1, -0.05) is 25.0 Å². The van der Waals surface area contributed by atoms with E-state index in [9.17, 15) is 4.79 Å². The van der Waals surface area contributed by atoms with Crippen molar-refractivity contribution in [3.05, 3.63) is 35.4 Å². The summed E-state index contributed by atoms with van der Waals surface area (Å²) in [5.41, 5.74) is 1.36. The summed E-state index contributed by atoms with van der Waals surface area (Å²) in [6.07, 6.45) is 4.04. The molecule has 0 aromatic heterocycles. The van der Waals surface area contributed by atoms with Crippen molar-refractivity contribution in [3.63, 3.8) is 0 Å². The van der Waals surface area contributed by atoms with Crippen LogP contribution in [0.5, 0.6) is 0 Å². The molecule has 0 spiro atoms. The van der Waals surface area contributed by atoms with Crippen molar-refractivity contribution in [2.24, 2.45) is 10.4 Å². The van der Waals surface area contributed by atoms with E-state index in [4.69, 9.17) is 5.26 Å². The van der Waals surface area contributed by atoms with Crippen molar-refractivity contribution >= 4 is 11.9 Å². The Labute approximate surface area is 156 Å². The molecule has 0 aliphatic heterocycles. The summed E-state index contributed by atoms with van der Waals surface area (Å²) in [5, 5.41) is 15.5. The van der Waals surface area contributed by atoms with Gasteiger partial charge in [-0.2, -0.15) is 5.26 Å². The molecule has 1 aromatic rings. The fourth-order valence-electron chi connectivity index (χ4n) is 3.44. The lowest BCUT2D eigenvalue weighted by molar-refractivity contribution is -0.138. The quantitative estimate of drug-likeness (QED) is 0.606. The van der Waals surface area contributed by atoms with E-state index < -0.39 is 0 Å². The molecule has 0 bridgehead atoms. The molecule has 0 heterocycles. The Morgan fingerprint density at radius 3 is 2.42 bits per heavy atom. The van der Waals surface area contributed by atoms with Gasteiger partial charge in [0.2, 0.25) is 5.91 Å². The van der Waals surface area contributed by atoms with E-state index in [-0.39, 0.29) is 11.3 Å². The Morgan fingerprint density at radius 2 is 1.88 bits per heavy atom. The molecule has 0 saturated heterocycles. The van der Waals surface area contributed by atoms with Crippen molar-refractivity contribution in [1.29, 1.82) is 5.26 Å². The minimum atomic E-state index is -0.325. The van der Waals surface area contributed by atoms with Crippen molar-refractivity contribution < 1.29 is 4.79 Å². The predicted molar refractivity (Wildman–Crippen MR) is 104 cm³/mol. The number of nitriles is 1. The normalized spacial score (nSPS) is 16.0. The zero-order chi connectivity index (χ0) is 19.0. The summed E-state index contributed by atoms with van der Waals surface area (Å²) in [7, 11) is 3.65. The lowest BCUT2D eigenvalue weighted by Gasteiger charge is -2.31. The van der Waals surface area contributed by atoms with Crippen molar-refractivity contribution in [3.8, 4) is 6.07 Å². The molecule has 1 aliphatic rings. The number of rotatable bonds is 6. The molecule has 1 aliphatic carbocycles. The summed E-state index contributed by atoms with van der Waals surface area (Å²) >= 11 is 0. The Hall–Kier alpha value is -2.55. The number of hydrogen-bond acceptors (Lipinski definition) is 3. The highest BCUT2D eigenvalue weighted by atomic mass is 16.2. The first kappa shape index (κ1) is 19.8. The van der Waals surface area contributed by atoms with Crippen LogP contribution in [-0.2, 0) is 11.3 Å². The molecular weight excluding hydrogens is 326 g/mol. The number of hydrogen-bond donors (Lipinski definition) is 2. The van der Waals surface area contributed by atoms with Crippen LogP contribution in [0.15, 0.2) is 29.3 Å². The Balaban J connectivity index is 2.04. The topological polar surface area (TPSA) is 80.5 Å². The molecule has 2 N–H and O–H groups in total. The highest BCUT2D eigenvalue weighted by Gasteiger charge is 2.42. The van der Waals surface area contributed by atoms with Crippen molar-refractivity contribution in [2.75, 3.05) is 27.2 Å². The van der Waals surface area contributed by atoms with Crippen LogP contribution in [-0.4, -0.2) is 44.0 Å². The summed E-state index contributed by atoms with van der Waals surface area (Å²) < 4.78 is 0. The van der Waals surface area contributed by atoms with Crippen LogP contribution in [0.4, 0.5) is 0 Å². The highest BCUT2D eigenvalue weighted by Crippen LogP contribution is 2.38. The van der Waals surface area contributed by atoms with E-state index in [2.05, 4.69) is 21.7 Å². The largest absolute Gasteiger partial charge is 0.357 e. The van der Waals surface area contributed by atoms with Gasteiger partial charge in [-0.3, -0.25) is 4.79 Å². The fraction of sp³-hybridized carbons (Fsp3) is 0.550. The molecule has 6 nitrogen and oxygen atoms in total. The second-order valence-corrected chi connectivity index (χ2v) is 7.04. The van der Waals surface area contributed by atoms with E-state index in [0.717, 1.165) is 43.8 Å². The maximum absolute atomic E-state index is 12.7. The van der Waals surface area contributed by atoms with Crippen LogP contribution in [0.25, 0.3) is 0 Å². The van der Waals surface area contributed by atoms with Crippen molar-refractivity contribution in [2.45, 2.75) is 39.2 Å². The molecule has 2 rings (SSSR count). The van der Waals surface area contributed by atoms with Crippen molar-refractivity contribution in [1.82, 2.24) is 15.5 Å². The van der Waals surface area contributed by atoms with Gasteiger partial charge in [0.1, 0.15) is 0 Å². The number of guanidine groups is 1. The molecule has 1 saturated carbocycles. The fourth-order valence-corrected chi connectivity index (χ4v) is 3.44. The average Bonchev–Trinajstić information content (AvgIpc) is 3.13. The molecule has 0 unspecified atom stereocenters. The first-order valence-electron chi connectivity index (χ1n) is 9.24. The maximum atomic E-state index is 12.7. The van der Waals surface area contributed by atoms with Crippen LogP contribution < -0.4 is 10.6 Å². The van der Waals surface area contributed by atoms with Crippen LogP contribution in [0.3, 0.4) is 0 Å². The molecule has 1 aromatic carbocycles. The maximum Gasteiger partial charge on any atom is 0.230 e. The van der Waals surface area contributed by atoms with Crippen LogP contribution in [0, 0.1) is 16.7 Å². The van der Waals surface area contributed by atoms with Crippen LogP contribution in [0.1, 0.15) is 43.7 Å². The molecular formula is C20H29N5O. The van der Waals surface area contributed by atoms with Gasteiger partial charge in [-0.15, -0.1) is 0 Å². The van der Waals surface area contributed by atoms with Gasteiger partial charge in [0, 0.05) is 27.2 Å². The molecule has 0 atom stereocenters. The Kier molecular flexibility index (Phi) is 7.02. The molecule has 26 heavy (non-hydrogen) atoms. The zero-order valence-corrected chi connectivity index (χ0v) is 16.0. The monoisotopic (exact) mass is 355 g/mol. The van der Waals surface area contributed by atoms with Gasteiger partial charge in [-0.25, -0.2) is 4.99 Å². The lowest BCUT2D eigenvalue weighted by atomic mass is 9.84. The predicted octanol–water partition coefficient (Wildman–Crippen LogP) is 2.26. The summed E-state index contributed by atoms with van der Waals surface area (Å²) in [6.45, 7) is 3.90. The van der Waals surface area contributed by atoms with Gasteiger partial charge in [0.15, 0.2) is 5.96 Å². The van der Waals surface area contributed by atoms with Gasteiger partial charge < -0.3 is 15.5 Å². The second kappa shape index (κ2) is 9.23. The average molecular weight is 355 g/mol. The first-order chi connectivity index (χ1) is 12.5.